The first-order valence-electron chi connectivity index (χ1n) is 4.43. The molecule has 3 nitrogen and oxygen atoms in total. The second-order valence-electron chi connectivity index (χ2n) is 3.05. The molecule has 0 spiro atoms. The molecule has 0 saturated heterocycles. The summed E-state index contributed by atoms with van der Waals surface area (Å²) < 4.78 is 0. The van der Waals surface area contributed by atoms with Crippen molar-refractivity contribution in [3.8, 4) is 0 Å². The minimum absolute atomic E-state index is 0.0893. The Kier molecular flexibility index (Phi) is 6.34. The van der Waals surface area contributed by atoms with Crippen LogP contribution in [0.1, 0.15) is 32.6 Å². The fraction of sp³-hybridized carbons (Fsp3) is 0.778. The summed E-state index contributed by atoms with van der Waals surface area (Å²) in [6.45, 7) is 5.78. The van der Waals surface area contributed by atoms with Crippen LogP contribution in [0, 0.1) is 16.0 Å². The molecule has 0 aromatic heterocycles. The van der Waals surface area contributed by atoms with Crippen molar-refractivity contribution in [3.05, 3.63) is 22.8 Å². The van der Waals surface area contributed by atoms with Crippen LogP contribution in [-0.2, 0) is 0 Å². The lowest BCUT2D eigenvalue weighted by molar-refractivity contribution is -0.488. The second-order valence-corrected chi connectivity index (χ2v) is 3.05. The molecule has 70 valence electrons. The van der Waals surface area contributed by atoms with Gasteiger partial charge in [0.1, 0.15) is 0 Å². The standard InChI is InChI=1S/C9H17NO2/c1-3-5-7-9(6-4-2)8-10(11)12/h4,9H,2-3,5-8H2,1H3. The second kappa shape index (κ2) is 6.83. The SMILES string of the molecule is C=CCC(CCCC)C[N+](=O)[O-]. The van der Waals surface area contributed by atoms with Gasteiger partial charge in [0.05, 0.1) is 0 Å². The van der Waals surface area contributed by atoms with Crippen molar-refractivity contribution in [3.63, 3.8) is 0 Å². The summed E-state index contributed by atoms with van der Waals surface area (Å²) in [5.74, 6) is 0.192. The monoisotopic (exact) mass is 171 g/mol. The van der Waals surface area contributed by atoms with Crippen LogP contribution in [0.3, 0.4) is 0 Å². The molecule has 0 aliphatic rings. The van der Waals surface area contributed by atoms with E-state index in [1.807, 2.05) is 0 Å². The van der Waals surface area contributed by atoms with Gasteiger partial charge >= 0.3 is 0 Å². The highest BCUT2D eigenvalue weighted by Crippen LogP contribution is 2.13. The summed E-state index contributed by atoms with van der Waals surface area (Å²) in [5, 5.41) is 10.2. The minimum atomic E-state index is -0.232. The lowest BCUT2D eigenvalue weighted by Crippen LogP contribution is -2.13. The lowest BCUT2D eigenvalue weighted by atomic mass is 9.99. The van der Waals surface area contributed by atoms with Crippen LogP contribution in [0.15, 0.2) is 12.7 Å². The van der Waals surface area contributed by atoms with Gasteiger partial charge in [-0.05, 0) is 12.8 Å². The Balaban J connectivity index is 3.68. The van der Waals surface area contributed by atoms with Crippen LogP contribution in [0.5, 0.6) is 0 Å². The molecule has 0 saturated carbocycles. The van der Waals surface area contributed by atoms with Gasteiger partial charge in [-0.3, -0.25) is 10.1 Å². The van der Waals surface area contributed by atoms with E-state index in [0.29, 0.717) is 0 Å². The van der Waals surface area contributed by atoms with Crippen LogP contribution in [0.2, 0.25) is 0 Å². The Labute approximate surface area is 73.6 Å². The largest absolute Gasteiger partial charge is 0.265 e. The molecule has 0 aromatic rings. The predicted octanol–water partition coefficient (Wildman–Crippen LogP) is 2.65. The first-order chi connectivity index (χ1) is 5.70. The summed E-state index contributed by atoms with van der Waals surface area (Å²) in [6, 6.07) is 0. The predicted molar refractivity (Wildman–Crippen MR) is 49.7 cm³/mol. The van der Waals surface area contributed by atoms with Gasteiger partial charge < -0.3 is 0 Å². The van der Waals surface area contributed by atoms with Crippen molar-refractivity contribution in [2.45, 2.75) is 32.6 Å². The maximum Gasteiger partial charge on any atom is 0.206 e. The minimum Gasteiger partial charge on any atom is -0.265 e. The molecule has 0 amide bonds. The van der Waals surface area contributed by atoms with E-state index in [-0.39, 0.29) is 17.4 Å². The Bertz CT molecular complexity index is 145. The van der Waals surface area contributed by atoms with Gasteiger partial charge in [-0.2, -0.15) is 0 Å². The van der Waals surface area contributed by atoms with E-state index >= 15 is 0 Å². The third kappa shape index (κ3) is 5.89. The van der Waals surface area contributed by atoms with Crippen LogP contribution >= 0.6 is 0 Å². The average Bonchev–Trinajstić information content (AvgIpc) is 2.00. The topological polar surface area (TPSA) is 43.1 Å². The smallest absolute Gasteiger partial charge is 0.206 e. The summed E-state index contributed by atoms with van der Waals surface area (Å²) in [5.41, 5.74) is 0. The van der Waals surface area contributed by atoms with Gasteiger partial charge in [0.25, 0.3) is 0 Å². The molecule has 0 bridgehead atoms. The van der Waals surface area contributed by atoms with Gasteiger partial charge in [-0.25, -0.2) is 0 Å². The fourth-order valence-electron chi connectivity index (χ4n) is 1.22. The molecule has 1 atom stereocenters. The van der Waals surface area contributed by atoms with E-state index in [2.05, 4.69) is 13.5 Å². The van der Waals surface area contributed by atoms with Crippen molar-refractivity contribution < 1.29 is 4.92 Å². The third-order valence-corrected chi connectivity index (χ3v) is 1.87. The zero-order chi connectivity index (χ0) is 9.40. The molecular weight excluding hydrogens is 154 g/mol. The average molecular weight is 171 g/mol. The zero-order valence-corrected chi connectivity index (χ0v) is 7.66. The number of nitro groups is 1. The lowest BCUT2D eigenvalue weighted by Gasteiger charge is -2.08. The molecule has 0 aromatic carbocycles. The first-order valence-corrected chi connectivity index (χ1v) is 4.43. The molecular formula is C9H17NO2. The molecule has 0 aliphatic carbocycles. The van der Waals surface area contributed by atoms with Gasteiger partial charge in [0, 0.05) is 10.8 Å². The molecule has 1 unspecified atom stereocenters. The van der Waals surface area contributed by atoms with Crippen LogP contribution < -0.4 is 0 Å². The Morgan fingerprint density at radius 2 is 2.33 bits per heavy atom. The van der Waals surface area contributed by atoms with Gasteiger partial charge in [0.15, 0.2) is 0 Å². The molecule has 0 aliphatic heterocycles. The van der Waals surface area contributed by atoms with Crippen molar-refractivity contribution in [1.29, 1.82) is 0 Å². The molecule has 0 N–H and O–H groups in total. The van der Waals surface area contributed by atoms with Crippen molar-refractivity contribution in [1.82, 2.24) is 0 Å². The van der Waals surface area contributed by atoms with Crippen LogP contribution in [0.25, 0.3) is 0 Å². The van der Waals surface area contributed by atoms with E-state index < -0.39 is 0 Å². The van der Waals surface area contributed by atoms with E-state index in [0.717, 1.165) is 25.7 Å². The van der Waals surface area contributed by atoms with Crippen molar-refractivity contribution in [2.75, 3.05) is 6.54 Å². The Hall–Kier alpha value is -0.860. The highest BCUT2D eigenvalue weighted by Gasteiger charge is 2.12. The summed E-state index contributed by atoms with van der Waals surface area (Å²) >= 11 is 0. The third-order valence-electron chi connectivity index (χ3n) is 1.87. The molecule has 0 fully saturated rings. The Morgan fingerprint density at radius 1 is 1.67 bits per heavy atom. The highest BCUT2D eigenvalue weighted by atomic mass is 16.6. The maximum absolute atomic E-state index is 10.2. The van der Waals surface area contributed by atoms with Gasteiger partial charge in [-0.1, -0.05) is 25.8 Å². The zero-order valence-electron chi connectivity index (χ0n) is 7.66. The van der Waals surface area contributed by atoms with Gasteiger partial charge in [-0.15, -0.1) is 6.58 Å². The Morgan fingerprint density at radius 3 is 2.75 bits per heavy atom. The first kappa shape index (κ1) is 11.1. The maximum atomic E-state index is 10.2. The molecule has 0 radical (unpaired) electrons. The van der Waals surface area contributed by atoms with E-state index in [1.165, 1.54) is 0 Å². The number of nitrogens with zero attached hydrogens (tertiary/aromatic N) is 1. The van der Waals surface area contributed by atoms with E-state index in [1.54, 1.807) is 6.08 Å². The normalized spacial score (nSPS) is 12.4. The van der Waals surface area contributed by atoms with Crippen molar-refractivity contribution in [2.24, 2.45) is 5.92 Å². The number of allylic oxidation sites excluding steroid dienone is 1. The molecule has 12 heavy (non-hydrogen) atoms. The number of hydrogen-bond donors (Lipinski definition) is 0. The van der Waals surface area contributed by atoms with Crippen LogP contribution in [0.4, 0.5) is 0 Å². The summed E-state index contributed by atoms with van der Waals surface area (Å²) in [7, 11) is 0. The van der Waals surface area contributed by atoms with Crippen LogP contribution in [-0.4, -0.2) is 11.5 Å². The van der Waals surface area contributed by atoms with Crippen molar-refractivity contribution >= 4 is 0 Å². The summed E-state index contributed by atoms with van der Waals surface area (Å²) in [6.07, 6.45) is 5.66. The van der Waals surface area contributed by atoms with E-state index in [4.69, 9.17) is 0 Å². The quantitative estimate of drug-likeness (QED) is 0.336. The highest BCUT2D eigenvalue weighted by molar-refractivity contribution is 4.72. The number of rotatable bonds is 7. The molecule has 3 heteroatoms. The summed E-state index contributed by atoms with van der Waals surface area (Å²) in [4.78, 5) is 9.99. The number of hydrogen-bond acceptors (Lipinski definition) is 2. The number of unbranched alkanes of at least 4 members (excludes halogenated alkanes) is 1. The molecule has 0 rings (SSSR count). The fourth-order valence-corrected chi connectivity index (χ4v) is 1.22. The van der Waals surface area contributed by atoms with Gasteiger partial charge in [0.2, 0.25) is 6.54 Å². The van der Waals surface area contributed by atoms with E-state index in [9.17, 15) is 10.1 Å². The molecule has 0 heterocycles.